The molecule has 3 heteroatoms. The molecule has 2 aromatic rings. The van der Waals surface area contributed by atoms with Gasteiger partial charge >= 0.3 is 0 Å². The van der Waals surface area contributed by atoms with E-state index in [9.17, 15) is 5.11 Å². The van der Waals surface area contributed by atoms with Gasteiger partial charge in [0.15, 0.2) is 0 Å². The van der Waals surface area contributed by atoms with E-state index in [1.165, 1.54) is 30.7 Å². The molecule has 2 fully saturated rings. The molecule has 1 heterocycles. The second-order valence-corrected chi connectivity index (χ2v) is 7.48. The molecule has 4 rings (SSSR count). The maximum Gasteiger partial charge on any atom is 0.0962 e. The fraction of sp³-hybridized carbons (Fsp3) is 0.500. The molecular formula is C18H21NOS. The van der Waals surface area contributed by atoms with E-state index in [0.29, 0.717) is 12.3 Å². The summed E-state index contributed by atoms with van der Waals surface area (Å²) in [5, 5.41) is 13.8. The quantitative estimate of drug-likeness (QED) is 0.912. The molecule has 0 spiro atoms. The fourth-order valence-electron chi connectivity index (χ4n) is 4.13. The van der Waals surface area contributed by atoms with Crippen LogP contribution in [0, 0.1) is 11.8 Å². The van der Waals surface area contributed by atoms with E-state index in [1.807, 2.05) is 30.3 Å². The Hall–Kier alpha value is -1.19. The minimum atomic E-state index is -0.443. The zero-order valence-corrected chi connectivity index (χ0v) is 12.9. The van der Waals surface area contributed by atoms with Crippen molar-refractivity contribution in [2.45, 2.75) is 44.1 Å². The summed E-state index contributed by atoms with van der Waals surface area (Å²) in [6.07, 6.45) is 5.79. The van der Waals surface area contributed by atoms with Crippen molar-refractivity contribution in [1.29, 1.82) is 0 Å². The lowest BCUT2D eigenvalue weighted by molar-refractivity contribution is 0.177. The highest BCUT2D eigenvalue weighted by Gasteiger charge is 2.41. The topological polar surface area (TPSA) is 33.1 Å². The van der Waals surface area contributed by atoms with Gasteiger partial charge in [-0.1, -0.05) is 36.8 Å². The van der Waals surface area contributed by atoms with Crippen LogP contribution in [0.25, 0.3) is 0 Å². The molecule has 2 aliphatic carbocycles. The van der Waals surface area contributed by atoms with Crippen LogP contribution in [0.2, 0.25) is 0 Å². The minimum absolute atomic E-state index is 0.443. The zero-order valence-electron chi connectivity index (χ0n) is 12.1. The van der Waals surface area contributed by atoms with Crippen LogP contribution >= 0.6 is 11.3 Å². The lowest BCUT2D eigenvalue weighted by Gasteiger charge is -2.19. The summed E-state index contributed by atoms with van der Waals surface area (Å²) in [6, 6.07) is 9.88. The largest absolute Gasteiger partial charge is 0.388 e. The molecule has 1 N–H and O–H groups in total. The summed E-state index contributed by atoms with van der Waals surface area (Å²) >= 11 is 1.80. The number of aromatic nitrogens is 1. The average Bonchev–Trinajstić information content (AvgIpc) is 3.24. The van der Waals surface area contributed by atoms with E-state index in [-0.39, 0.29) is 0 Å². The number of rotatable bonds is 4. The van der Waals surface area contributed by atoms with Crippen molar-refractivity contribution in [3.05, 3.63) is 52.0 Å². The Bertz CT molecular complexity index is 609. The number of hydrogen-bond donors (Lipinski definition) is 1. The Morgan fingerprint density at radius 3 is 2.76 bits per heavy atom. The molecule has 1 aromatic heterocycles. The lowest BCUT2D eigenvalue weighted by Crippen LogP contribution is -2.08. The number of nitrogens with zero attached hydrogens (tertiary/aromatic N) is 1. The van der Waals surface area contributed by atoms with Crippen LogP contribution in [-0.2, 0) is 6.42 Å². The molecule has 2 bridgehead atoms. The Labute approximate surface area is 129 Å². The van der Waals surface area contributed by atoms with Crippen molar-refractivity contribution in [3.8, 4) is 0 Å². The van der Waals surface area contributed by atoms with E-state index >= 15 is 0 Å². The van der Waals surface area contributed by atoms with Gasteiger partial charge in [-0.2, -0.15) is 0 Å². The van der Waals surface area contributed by atoms with Gasteiger partial charge < -0.3 is 5.11 Å². The number of hydrogen-bond acceptors (Lipinski definition) is 3. The predicted molar refractivity (Wildman–Crippen MR) is 85.4 cm³/mol. The first kappa shape index (κ1) is 13.5. The van der Waals surface area contributed by atoms with E-state index in [0.717, 1.165) is 23.1 Å². The molecule has 2 aliphatic rings. The van der Waals surface area contributed by atoms with Gasteiger partial charge in [-0.3, -0.25) is 0 Å². The van der Waals surface area contributed by atoms with Gasteiger partial charge in [-0.25, -0.2) is 4.98 Å². The summed E-state index contributed by atoms with van der Waals surface area (Å²) in [6.45, 7) is 0. The Kier molecular flexibility index (Phi) is 3.56. The predicted octanol–water partition coefficient (Wildman–Crippen LogP) is 4.32. The lowest BCUT2D eigenvalue weighted by atomic mass is 9.89. The highest BCUT2D eigenvalue weighted by atomic mass is 32.1. The molecule has 0 radical (unpaired) electrons. The van der Waals surface area contributed by atoms with Crippen molar-refractivity contribution in [3.63, 3.8) is 0 Å². The van der Waals surface area contributed by atoms with Gasteiger partial charge in [0.1, 0.15) is 0 Å². The van der Waals surface area contributed by atoms with E-state index in [2.05, 4.69) is 5.38 Å². The molecule has 0 aliphatic heterocycles. The van der Waals surface area contributed by atoms with Crippen molar-refractivity contribution in [1.82, 2.24) is 4.98 Å². The highest BCUT2D eigenvalue weighted by molar-refractivity contribution is 7.09. The molecule has 1 aromatic carbocycles. The van der Waals surface area contributed by atoms with Crippen molar-refractivity contribution in [2.24, 2.45) is 11.8 Å². The summed E-state index contributed by atoms with van der Waals surface area (Å²) < 4.78 is 0. The van der Waals surface area contributed by atoms with Gasteiger partial charge in [-0.05, 0) is 36.7 Å². The fourth-order valence-corrected chi connectivity index (χ4v) is 5.16. The molecule has 110 valence electrons. The third-order valence-corrected chi connectivity index (χ3v) is 6.24. The second-order valence-electron chi connectivity index (χ2n) is 6.59. The minimum Gasteiger partial charge on any atom is -0.388 e. The van der Waals surface area contributed by atoms with Crippen LogP contribution in [0.5, 0.6) is 0 Å². The number of thiazole rings is 1. The SMILES string of the molecule is OC(Cc1csc(C2CC3CCC2C3)n1)c1ccccc1. The molecular weight excluding hydrogens is 278 g/mol. The smallest absolute Gasteiger partial charge is 0.0962 e. The molecule has 2 nitrogen and oxygen atoms in total. The number of aliphatic hydroxyl groups is 1. The van der Waals surface area contributed by atoms with Gasteiger partial charge in [-0.15, -0.1) is 11.3 Å². The Balaban J connectivity index is 1.45. The first-order valence-electron chi connectivity index (χ1n) is 7.97. The standard InChI is InChI=1S/C18H21NOS/c20-17(13-4-2-1-3-5-13)10-15-11-21-18(19-15)16-9-12-6-7-14(16)8-12/h1-5,11-12,14,16-17,20H,6-10H2. The Morgan fingerprint density at radius 2 is 2.05 bits per heavy atom. The number of fused-ring (bicyclic) bond motifs is 2. The van der Waals surface area contributed by atoms with Crippen molar-refractivity contribution >= 4 is 11.3 Å². The maximum atomic E-state index is 10.3. The van der Waals surface area contributed by atoms with Crippen LogP contribution in [0.1, 0.15) is 54.0 Å². The van der Waals surface area contributed by atoms with Crippen molar-refractivity contribution in [2.75, 3.05) is 0 Å². The molecule has 0 saturated heterocycles. The van der Waals surface area contributed by atoms with Gasteiger partial charge in [0.2, 0.25) is 0 Å². The Morgan fingerprint density at radius 1 is 1.19 bits per heavy atom. The third kappa shape index (κ3) is 2.65. The van der Waals surface area contributed by atoms with Crippen LogP contribution in [0.15, 0.2) is 35.7 Å². The van der Waals surface area contributed by atoms with Gasteiger partial charge in [0.05, 0.1) is 16.8 Å². The second kappa shape index (κ2) is 5.54. The van der Waals surface area contributed by atoms with E-state index in [4.69, 9.17) is 4.98 Å². The molecule has 2 saturated carbocycles. The first-order valence-corrected chi connectivity index (χ1v) is 8.85. The molecule has 4 unspecified atom stereocenters. The number of benzene rings is 1. The van der Waals surface area contributed by atoms with Crippen LogP contribution < -0.4 is 0 Å². The molecule has 0 amide bonds. The maximum absolute atomic E-state index is 10.3. The number of aliphatic hydroxyl groups excluding tert-OH is 1. The first-order chi connectivity index (χ1) is 10.3. The van der Waals surface area contributed by atoms with Crippen LogP contribution in [-0.4, -0.2) is 10.1 Å². The highest BCUT2D eigenvalue weighted by Crippen LogP contribution is 2.53. The summed E-state index contributed by atoms with van der Waals surface area (Å²) in [7, 11) is 0. The van der Waals surface area contributed by atoms with E-state index < -0.39 is 6.10 Å². The monoisotopic (exact) mass is 299 g/mol. The van der Waals surface area contributed by atoms with Crippen LogP contribution in [0.4, 0.5) is 0 Å². The van der Waals surface area contributed by atoms with Crippen LogP contribution in [0.3, 0.4) is 0 Å². The molecule has 21 heavy (non-hydrogen) atoms. The third-order valence-electron chi connectivity index (χ3n) is 5.21. The molecule has 4 atom stereocenters. The summed E-state index contributed by atoms with van der Waals surface area (Å²) in [4.78, 5) is 4.84. The van der Waals surface area contributed by atoms with Crippen molar-refractivity contribution < 1.29 is 5.11 Å². The summed E-state index contributed by atoms with van der Waals surface area (Å²) in [5.74, 6) is 2.55. The van der Waals surface area contributed by atoms with E-state index in [1.54, 1.807) is 11.3 Å². The normalized spacial score (nSPS) is 28.9. The van der Waals surface area contributed by atoms with Gasteiger partial charge in [0, 0.05) is 17.7 Å². The average molecular weight is 299 g/mol. The zero-order chi connectivity index (χ0) is 14.2. The summed E-state index contributed by atoms with van der Waals surface area (Å²) in [5.41, 5.74) is 2.03. The van der Waals surface area contributed by atoms with Gasteiger partial charge in [0.25, 0.3) is 0 Å².